The first kappa shape index (κ1) is 10.2. The maximum Gasteiger partial charge on any atom is 0.163 e. The molecule has 1 atom stereocenters. The number of fused-ring (bicyclic) bond motifs is 1. The summed E-state index contributed by atoms with van der Waals surface area (Å²) in [5.41, 5.74) is 2.00. The van der Waals surface area contributed by atoms with Crippen LogP contribution >= 0.6 is 0 Å². The van der Waals surface area contributed by atoms with Crippen LogP contribution in [-0.2, 0) is 0 Å². The Hall–Kier alpha value is -1.31. The van der Waals surface area contributed by atoms with Crippen LogP contribution < -0.4 is 4.74 Å². The van der Waals surface area contributed by atoms with Crippen LogP contribution in [0.1, 0.15) is 48.0 Å². The Morgan fingerprint density at radius 2 is 2.27 bits per heavy atom. The summed E-state index contributed by atoms with van der Waals surface area (Å²) < 4.78 is 5.33. The maximum absolute atomic E-state index is 11.8. The minimum Gasteiger partial charge on any atom is -0.496 e. The largest absolute Gasteiger partial charge is 0.496 e. The van der Waals surface area contributed by atoms with Gasteiger partial charge in [0.2, 0.25) is 0 Å². The highest BCUT2D eigenvalue weighted by molar-refractivity contribution is 6.02. The van der Waals surface area contributed by atoms with E-state index in [-0.39, 0.29) is 5.78 Å². The van der Waals surface area contributed by atoms with E-state index in [4.69, 9.17) is 4.74 Å². The molecule has 0 saturated heterocycles. The van der Waals surface area contributed by atoms with Gasteiger partial charge in [-0.25, -0.2) is 0 Å². The zero-order chi connectivity index (χ0) is 10.8. The lowest BCUT2D eigenvalue weighted by Crippen LogP contribution is -1.96. The molecule has 1 aliphatic rings. The lowest BCUT2D eigenvalue weighted by molar-refractivity contribution is 0.0988. The van der Waals surface area contributed by atoms with Crippen LogP contribution in [-0.4, -0.2) is 12.9 Å². The molecule has 0 radical (unpaired) electrons. The van der Waals surface area contributed by atoms with E-state index in [0.717, 1.165) is 29.7 Å². The van der Waals surface area contributed by atoms with Crippen LogP contribution in [0.2, 0.25) is 0 Å². The Labute approximate surface area is 90.3 Å². The van der Waals surface area contributed by atoms with Gasteiger partial charge in [-0.15, -0.1) is 0 Å². The topological polar surface area (TPSA) is 26.3 Å². The summed E-state index contributed by atoms with van der Waals surface area (Å²) in [7, 11) is 1.67. The van der Waals surface area contributed by atoms with Crippen molar-refractivity contribution in [1.29, 1.82) is 0 Å². The molecule has 0 spiro atoms. The van der Waals surface area contributed by atoms with Gasteiger partial charge in [0.15, 0.2) is 5.78 Å². The van der Waals surface area contributed by atoms with Gasteiger partial charge in [-0.3, -0.25) is 4.79 Å². The molecule has 0 N–H and O–H groups in total. The maximum atomic E-state index is 11.8. The Kier molecular flexibility index (Phi) is 2.76. The van der Waals surface area contributed by atoms with Crippen molar-refractivity contribution >= 4 is 5.78 Å². The first-order chi connectivity index (χ1) is 7.27. The molecule has 0 aliphatic heterocycles. The zero-order valence-electron chi connectivity index (χ0n) is 9.25. The highest BCUT2D eigenvalue weighted by Crippen LogP contribution is 2.41. The Morgan fingerprint density at radius 1 is 1.47 bits per heavy atom. The van der Waals surface area contributed by atoms with Crippen molar-refractivity contribution in [2.75, 3.05) is 7.11 Å². The van der Waals surface area contributed by atoms with Crippen LogP contribution in [0.25, 0.3) is 0 Å². The van der Waals surface area contributed by atoms with E-state index >= 15 is 0 Å². The van der Waals surface area contributed by atoms with Crippen molar-refractivity contribution in [3.63, 3.8) is 0 Å². The van der Waals surface area contributed by atoms with Gasteiger partial charge in [0.05, 0.1) is 7.11 Å². The number of ketones is 1. The van der Waals surface area contributed by atoms with E-state index in [2.05, 4.69) is 6.92 Å². The third-order valence-corrected chi connectivity index (χ3v) is 3.06. The number of carbonyl (C=O) groups excluding carboxylic acids is 1. The van der Waals surface area contributed by atoms with Crippen molar-refractivity contribution < 1.29 is 9.53 Å². The van der Waals surface area contributed by atoms with Crippen LogP contribution in [0.15, 0.2) is 18.2 Å². The second kappa shape index (κ2) is 4.05. The number of Topliss-reactive ketones (excluding diaryl/α,β-unsaturated/α-hetero) is 1. The van der Waals surface area contributed by atoms with Gasteiger partial charge in [0.1, 0.15) is 5.75 Å². The van der Waals surface area contributed by atoms with E-state index in [1.165, 1.54) is 0 Å². The first-order valence-corrected chi connectivity index (χ1v) is 5.48. The summed E-state index contributed by atoms with van der Waals surface area (Å²) in [5.74, 6) is 1.51. The summed E-state index contributed by atoms with van der Waals surface area (Å²) in [6, 6.07) is 5.75. The molecule has 1 aliphatic carbocycles. The molecular weight excluding hydrogens is 188 g/mol. The molecule has 1 unspecified atom stereocenters. The number of hydrogen-bond acceptors (Lipinski definition) is 2. The third kappa shape index (κ3) is 1.65. The molecule has 2 nitrogen and oxygen atoms in total. The quantitative estimate of drug-likeness (QED) is 0.756. The van der Waals surface area contributed by atoms with Crippen molar-refractivity contribution in [2.45, 2.75) is 32.1 Å². The molecule has 0 heterocycles. The number of hydrogen-bond donors (Lipinski definition) is 0. The summed E-state index contributed by atoms with van der Waals surface area (Å²) in [4.78, 5) is 11.8. The Balaban J connectivity index is 2.46. The summed E-state index contributed by atoms with van der Waals surface area (Å²) in [6.45, 7) is 2.15. The number of benzene rings is 1. The molecule has 2 heteroatoms. The average Bonchev–Trinajstić information content (AvgIpc) is 2.57. The van der Waals surface area contributed by atoms with Gasteiger partial charge in [-0.2, -0.15) is 0 Å². The molecule has 1 aromatic rings. The predicted molar refractivity (Wildman–Crippen MR) is 59.6 cm³/mol. The lowest BCUT2D eigenvalue weighted by atomic mass is 9.96. The first-order valence-electron chi connectivity index (χ1n) is 5.48. The Bertz CT molecular complexity index is 382. The molecule has 15 heavy (non-hydrogen) atoms. The molecule has 1 aromatic carbocycles. The molecule has 0 bridgehead atoms. The fourth-order valence-corrected chi connectivity index (χ4v) is 2.42. The van der Waals surface area contributed by atoms with E-state index in [1.807, 2.05) is 18.2 Å². The highest BCUT2D eigenvalue weighted by atomic mass is 16.5. The minimum absolute atomic E-state index is 0.266. The normalized spacial score (nSPS) is 19.1. The molecule has 2 rings (SSSR count). The van der Waals surface area contributed by atoms with Gasteiger partial charge in [-0.1, -0.05) is 25.5 Å². The second-order valence-corrected chi connectivity index (χ2v) is 4.03. The number of ether oxygens (including phenoxy) is 1. The summed E-state index contributed by atoms with van der Waals surface area (Å²) in [5, 5.41) is 0. The molecule has 80 valence electrons. The lowest BCUT2D eigenvalue weighted by Gasteiger charge is -2.12. The van der Waals surface area contributed by atoms with Crippen LogP contribution in [0.4, 0.5) is 0 Å². The third-order valence-electron chi connectivity index (χ3n) is 3.06. The number of rotatable bonds is 3. The summed E-state index contributed by atoms with van der Waals surface area (Å²) >= 11 is 0. The SMILES string of the molecule is CCCC1CC(=O)c2cccc(OC)c21. The van der Waals surface area contributed by atoms with Crippen molar-refractivity contribution in [3.8, 4) is 5.75 Å². The summed E-state index contributed by atoms with van der Waals surface area (Å²) in [6.07, 6.45) is 2.83. The minimum atomic E-state index is 0.266. The van der Waals surface area contributed by atoms with Gasteiger partial charge in [-0.05, 0) is 18.4 Å². The van der Waals surface area contributed by atoms with Gasteiger partial charge < -0.3 is 4.74 Å². The van der Waals surface area contributed by atoms with Gasteiger partial charge >= 0.3 is 0 Å². The molecule has 0 fully saturated rings. The van der Waals surface area contributed by atoms with Crippen molar-refractivity contribution in [3.05, 3.63) is 29.3 Å². The van der Waals surface area contributed by atoms with Crippen LogP contribution in [0.3, 0.4) is 0 Å². The fraction of sp³-hybridized carbons (Fsp3) is 0.462. The van der Waals surface area contributed by atoms with Crippen LogP contribution in [0, 0.1) is 0 Å². The number of carbonyl (C=O) groups is 1. The average molecular weight is 204 g/mol. The second-order valence-electron chi connectivity index (χ2n) is 4.03. The van der Waals surface area contributed by atoms with E-state index in [1.54, 1.807) is 7.11 Å². The monoisotopic (exact) mass is 204 g/mol. The molecule has 0 aromatic heterocycles. The van der Waals surface area contributed by atoms with E-state index in [9.17, 15) is 4.79 Å². The molecule has 0 saturated carbocycles. The fourth-order valence-electron chi connectivity index (χ4n) is 2.42. The molecular formula is C13H16O2. The highest BCUT2D eigenvalue weighted by Gasteiger charge is 2.31. The van der Waals surface area contributed by atoms with Crippen LogP contribution in [0.5, 0.6) is 5.75 Å². The Morgan fingerprint density at radius 3 is 2.93 bits per heavy atom. The van der Waals surface area contributed by atoms with Crippen molar-refractivity contribution in [1.82, 2.24) is 0 Å². The van der Waals surface area contributed by atoms with E-state index in [0.29, 0.717) is 12.3 Å². The van der Waals surface area contributed by atoms with E-state index < -0.39 is 0 Å². The zero-order valence-corrected chi connectivity index (χ0v) is 9.25. The number of methoxy groups -OCH3 is 1. The molecule has 0 amide bonds. The predicted octanol–water partition coefficient (Wildman–Crippen LogP) is 3.17. The smallest absolute Gasteiger partial charge is 0.163 e. The van der Waals surface area contributed by atoms with Crippen molar-refractivity contribution in [2.24, 2.45) is 0 Å². The standard InChI is InChI=1S/C13H16O2/c1-3-5-9-8-11(14)10-6-4-7-12(15-2)13(9)10/h4,6-7,9H,3,5,8H2,1-2H3. The van der Waals surface area contributed by atoms with Gasteiger partial charge in [0, 0.05) is 17.5 Å². The van der Waals surface area contributed by atoms with Gasteiger partial charge in [0.25, 0.3) is 0 Å².